The lowest BCUT2D eigenvalue weighted by Crippen LogP contribution is -2.13. The Morgan fingerprint density at radius 3 is 2.81 bits per heavy atom. The van der Waals surface area contributed by atoms with Gasteiger partial charge >= 0.3 is 5.97 Å². The number of ether oxygens (including phenoxy) is 2. The molecule has 0 aliphatic heterocycles. The first-order valence-electron chi connectivity index (χ1n) is 5.08. The fraction of sp³-hybridized carbons (Fsp3) is 0.417. The van der Waals surface area contributed by atoms with E-state index in [0.717, 1.165) is 10.6 Å². The summed E-state index contributed by atoms with van der Waals surface area (Å²) >= 11 is 1.45. The minimum Gasteiger partial charge on any atom is -0.497 e. The van der Waals surface area contributed by atoms with Crippen LogP contribution in [0.2, 0.25) is 0 Å². The van der Waals surface area contributed by atoms with Crippen LogP contribution < -0.4 is 4.74 Å². The average Bonchev–Trinajstić information content (AvgIpc) is 2.26. The van der Waals surface area contributed by atoms with E-state index >= 15 is 0 Å². The van der Waals surface area contributed by atoms with Crippen molar-refractivity contribution in [2.75, 3.05) is 12.9 Å². The molecule has 88 valence electrons. The SMILES string of the molecule is COc1cccc(SCC(=O)OC(C)C)c1. The monoisotopic (exact) mass is 240 g/mol. The van der Waals surface area contributed by atoms with Gasteiger partial charge in [-0.05, 0) is 32.0 Å². The molecule has 0 N–H and O–H groups in total. The van der Waals surface area contributed by atoms with Crippen molar-refractivity contribution in [2.24, 2.45) is 0 Å². The molecule has 3 nitrogen and oxygen atoms in total. The van der Waals surface area contributed by atoms with Crippen molar-refractivity contribution in [3.63, 3.8) is 0 Å². The molecular weight excluding hydrogens is 224 g/mol. The van der Waals surface area contributed by atoms with E-state index in [0.29, 0.717) is 5.75 Å². The maximum absolute atomic E-state index is 11.3. The number of esters is 1. The lowest BCUT2D eigenvalue weighted by Gasteiger charge is -2.07. The smallest absolute Gasteiger partial charge is 0.316 e. The van der Waals surface area contributed by atoms with Gasteiger partial charge in [0.2, 0.25) is 0 Å². The summed E-state index contributed by atoms with van der Waals surface area (Å²) in [4.78, 5) is 12.3. The average molecular weight is 240 g/mol. The van der Waals surface area contributed by atoms with Crippen LogP contribution in [-0.4, -0.2) is 24.9 Å². The number of hydrogen-bond acceptors (Lipinski definition) is 4. The van der Waals surface area contributed by atoms with E-state index in [1.807, 2.05) is 38.1 Å². The van der Waals surface area contributed by atoms with Gasteiger partial charge in [-0.2, -0.15) is 0 Å². The second kappa shape index (κ2) is 6.43. The molecule has 0 bridgehead atoms. The minimum absolute atomic E-state index is 0.0570. The van der Waals surface area contributed by atoms with Crippen LogP contribution >= 0.6 is 11.8 Å². The highest BCUT2D eigenvalue weighted by atomic mass is 32.2. The number of carbonyl (C=O) groups is 1. The van der Waals surface area contributed by atoms with Crippen LogP contribution in [0.15, 0.2) is 29.2 Å². The van der Waals surface area contributed by atoms with E-state index in [9.17, 15) is 4.79 Å². The molecule has 0 saturated heterocycles. The van der Waals surface area contributed by atoms with Crippen molar-refractivity contribution in [1.29, 1.82) is 0 Å². The van der Waals surface area contributed by atoms with Crippen LogP contribution in [0.3, 0.4) is 0 Å². The van der Waals surface area contributed by atoms with Crippen LogP contribution in [0.5, 0.6) is 5.75 Å². The Labute approximate surface area is 100 Å². The zero-order valence-electron chi connectivity index (χ0n) is 9.73. The highest BCUT2D eigenvalue weighted by Crippen LogP contribution is 2.22. The van der Waals surface area contributed by atoms with Crippen LogP contribution in [0.4, 0.5) is 0 Å². The van der Waals surface area contributed by atoms with Gasteiger partial charge in [-0.3, -0.25) is 4.79 Å². The third-order valence-electron chi connectivity index (χ3n) is 1.77. The van der Waals surface area contributed by atoms with Crippen LogP contribution in [0, 0.1) is 0 Å². The summed E-state index contributed by atoms with van der Waals surface area (Å²) in [6.45, 7) is 3.68. The van der Waals surface area contributed by atoms with Crippen molar-refractivity contribution < 1.29 is 14.3 Å². The van der Waals surface area contributed by atoms with Crippen LogP contribution in [0.1, 0.15) is 13.8 Å². The van der Waals surface area contributed by atoms with Crippen molar-refractivity contribution >= 4 is 17.7 Å². The maximum atomic E-state index is 11.3. The Kier molecular flexibility index (Phi) is 5.19. The lowest BCUT2D eigenvalue weighted by atomic mass is 10.3. The first-order valence-corrected chi connectivity index (χ1v) is 6.06. The second-order valence-electron chi connectivity index (χ2n) is 3.51. The van der Waals surface area contributed by atoms with E-state index in [1.165, 1.54) is 11.8 Å². The molecule has 0 atom stereocenters. The topological polar surface area (TPSA) is 35.5 Å². The summed E-state index contributed by atoms with van der Waals surface area (Å²) in [6.07, 6.45) is -0.0570. The van der Waals surface area contributed by atoms with Crippen molar-refractivity contribution in [3.8, 4) is 5.75 Å². The predicted octanol–water partition coefficient (Wildman–Crippen LogP) is 2.74. The highest BCUT2D eigenvalue weighted by Gasteiger charge is 2.06. The Morgan fingerprint density at radius 2 is 2.19 bits per heavy atom. The molecule has 0 aliphatic rings. The molecule has 0 radical (unpaired) electrons. The van der Waals surface area contributed by atoms with Gasteiger partial charge < -0.3 is 9.47 Å². The maximum Gasteiger partial charge on any atom is 0.316 e. The van der Waals surface area contributed by atoms with E-state index in [4.69, 9.17) is 9.47 Å². The number of carbonyl (C=O) groups excluding carboxylic acids is 1. The molecule has 1 aromatic rings. The molecule has 0 heterocycles. The molecule has 1 rings (SSSR count). The van der Waals surface area contributed by atoms with Gasteiger partial charge in [0.15, 0.2) is 0 Å². The van der Waals surface area contributed by atoms with Crippen molar-refractivity contribution in [1.82, 2.24) is 0 Å². The summed E-state index contributed by atoms with van der Waals surface area (Å²) in [5.74, 6) is 0.927. The fourth-order valence-electron chi connectivity index (χ4n) is 1.13. The first kappa shape index (κ1) is 12.9. The molecule has 0 amide bonds. The standard InChI is InChI=1S/C12H16O3S/c1-9(2)15-12(13)8-16-11-6-4-5-10(7-11)14-3/h4-7,9H,8H2,1-3H3. The Hall–Kier alpha value is -1.16. The molecule has 16 heavy (non-hydrogen) atoms. The van der Waals surface area contributed by atoms with E-state index < -0.39 is 0 Å². The first-order chi connectivity index (χ1) is 7.61. The molecule has 0 unspecified atom stereocenters. The van der Waals surface area contributed by atoms with Gasteiger partial charge in [-0.1, -0.05) is 6.07 Å². The molecule has 0 aromatic heterocycles. The van der Waals surface area contributed by atoms with Gasteiger partial charge in [0, 0.05) is 4.90 Å². The molecular formula is C12H16O3S. The van der Waals surface area contributed by atoms with Crippen molar-refractivity contribution in [3.05, 3.63) is 24.3 Å². The van der Waals surface area contributed by atoms with Gasteiger partial charge in [0.05, 0.1) is 19.0 Å². The molecule has 0 spiro atoms. The third-order valence-corrected chi connectivity index (χ3v) is 2.73. The van der Waals surface area contributed by atoms with E-state index in [-0.39, 0.29) is 12.1 Å². The number of rotatable bonds is 5. The number of benzene rings is 1. The molecule has 4 heteroatoms. The second-order valence-corrected chi connectivity index (χ2v) is 4.56. The lowest BCUT2D eigenvalue weighted by molar-refractivity contribution is -0.144. The minimum atomic E-state index is -0.192. The summed E-state index contributed by atoms with van der Waals surface area (Å²) in [5.41, 5.74) is 0. The molecule has 1 aromatic carbocycles. The number of hydrogen-bond donors (Lipinski definition) is 0. The van der Waals surface area contributed by atoms with E-state index in [2.05, 4.69) is 0 Å². The van der Waals surface area contributed by atoms with Gasteiger partial charge in [-0.15, -0.1) is 11.8 Å². The largest absolute Gasteiger partial charge is 0.497 e. The van der Waals surface area contributed by atoms with Gasteiger partial charge in [0.25, 0.3) is 0 Å². The van der Waals surface area contributed by atoms with E-state index in [1.54, 1.807) is 7.11 Å². The zero-order valence-corrected chi connectivity index (χ0v) is 10.5. The number of methoxy groups -OCH3 is 1. The Balaban J connectivity index is 2.45. The normalized spacial score (nSPS) is 10.2. The number of thioether (sulfide) groups is 1. The summed E-state index contributed by atoms with van der Waals surface area (Å²) < 4.78 is 10.1. The summed E-state index contributed by atoms with van der Waals surface area (Å²) in [6, 6.07) is 7.61. The van der Waals surface area contributed by atoms with Gasteiger partial charge in [-0.25, -0.2) is 0 Å². The summed E-state index contributed by atoms with van der Waals surface area (Å²) in [5, 5.41) is 0. The molecule has 0 saturated carbocycles. The van der Waals surface area contributed by atoms with Crippen LogP contribution in [-0.2, 0) is 9.53 Å². The highest BCUT2D eigenvalue weighted by molar-refractivity contribution is 8.00. The fourth-order valence-corrected chi connectivity index (χ4v) is 1.86. The predicted molar refractivity (Wildman–Crippen MR) is 64.9 cm³/mol. The zero-order chi connectivity index (χ0) is 12.0. The summed E-state index contributed by atoms with van der Waals surface area (Å²) in [7, 11) is 1.62. The van der Waals surface area contributed by atoms with Gasteiger partial charge in [0.1, 0.15) is 5.75 Å². The van der Waals surface area contributed by atoms with Crippen molar-refractivity contribution in [2.45, 2.75) is 24.8 Å². The molecule has 0 fully saturated rings. The molecule has 0 aliphatic carbocycles. The third kappa shape index (κ3) is 4.57. The van der Waals surface area contributed by atoms with Crippen LogP contribution in [0.25, 0.3) is 0 Å². The Bertz CT molecular complexity index is 350. The Morgan fingerprint density at radius 1 is 1.44 bits per heavy atom. The quantitative estimate of drug-likeness (QED) is 0.585.